The van der Waals surface area contributed by atoms with E-state index in [1.54, 1.807) is 0 Å². The van der Waals surface area contributed by atoms with E-state index in [0.29, 0.717) is 0 Å². The Hall–Kier alpha value is -2.43. The number of aromatic nitrogens is 2. The third-order valence-corrected chi connectivity index (χ3v) is 3.44. The zero-order chi connectivity index (χ0) is 13.9. The number of carboxylic acid groups (broad SMARTS) is 1. The first-order chi connectivity index (χ1) is 9.75. The summed E-state index contributed by atoms with van der Waals surface area (Å²) in [4.78, 5) is 18.9. The summed E-state index contributed by atoms with van der Waals surface area (Å²) in [6.07, 6.45) is 5.54. The first kappa shape index (κ1) is 12.6. The van der Waals surface area contributed by atoms with Crippen molar-refractivity contribution in [2.24, 2.45) is 0 Å². The predicted octanol–water partition coefficient (Wildman–Crippen LogP) is 2.63. The average Bonchev–Trinajstić information content (AvgIpc) is 2.48. The number of carboxylic acids is 1. The van der Waals surface area contributed by atoms with Gasteiger partial charge in [-0.25, -0.2) is 14.8 Å². The number of nitrogens with zero attached hydrogens (tertiary/aromatic N) is 2. The number of rotatable bonds is 3. The molecule has 5 nitrogen and oxygen atoms in total. The predicted molar refractivity (Wildman–Crippen MR) is 71.7 cm³/mol. The van der Waals surface area contributed by atoms with Crippen molar-refractivity contribution in [3.63, 3.8) is 0 Å². The molecule has 1 unspecified atom stereocenters. The molecule has 1 heterocycles. The molecule has 1 aromatic heterocycles. The van der Waals surface area contributed by atoms with Crippen molar-refractivity contribution < 1.29 is 14.6 Å². The van der Waals surface area contributed by atoms with Gasteiger partial charge >= 0.3 is 5.97 Å². The molecule has 1 atom stereocenters. The fraction of sp³-hybridized carbons (Fsp3) is 0.267. The maximum Gasteiger partial charge on any atom is 0.360 e. The van der Waals surface area contributed by atoms with Crippen LogP contribution >= 0.6 is 0 Å². The topological polar surface area (TPSA) is 72.3 Å². The van der Waals surface area contributed by atoms with E-state index >= 15 is 0 Å². The molecule has 0 amide bonds. The van der Waals surface area contributed by atoms with Crippen LogP contribution in [0.1, 0.15) is 40.6 Å². The zero-order valence-corrected chi connectivity index (χ0v) is 10.8. The molecule has 1 aliphatic carbocycles. The van der Waals surface area contributed by atoms with Gasteiger partial charge in [0.05, 0.1) is 0 Å². The molecule has 0 bridgehead atoms. The van der Waals surface area contributed by atoms with Gasteiger partial charge in [0, 0.05) is 12.4 Å². The summed E-state index contributed by atoms with van der Waals surface area (Å²) in [5.41, 5.74) is 2.22. The number of aryl methyl sites for hydroxylation is 1. The molecule has 0 fully saturated rings. The van der Waals surface area contributed by atoms with E-state index in [2.05, 4.69) is 16.0 Å². The van der Waals surface area contributed by atoms with Gasteiger partial charge in [0.15, 0.2) is 0 Å². The Morgan fingerprint density at radius 2 is 2.05 bits per heavy atom. The fourth-order valence-corrected chi connectivity index (χ4v) is 2.52. The Bertz CT molecular complexity index is 643. The molecule has 3 rings (SSSR count). The molecular weight excluding hydrogens is 256 g/mol. The van der Waals surface area contributed by atoms with Crippen molar-refractivity contribution in [3.8, 4) is 5.88 Å². The molecule has 1 N–H and O–H groups in total. The Balaban J connectivity index is 1.92. The van der Waals surface area contributed by atoms with Crippen LogP contribution in [-0.2, 0) is 6.42 Å². The van der Waals surface area contributed by atoms with Crippen molar-refractivity contribution in [1.82, 2.24) is 9.97 Å². The number of hydrogen-bond donors (Lipinski definition) is 1. The van der Waals surface area contributed by atoms with Gasteiger partial charge < -0.3 is 9.84 Å². The normalized spacial score (nSPS) is 17.3. The zero-order valence-electron chi connectivity index (χ0n) is 10.8. The summed E-state index contributed by atoms with van der Waals surface area (Å²) in [6, 6.07) is 8.08. The van der Waals surface area contributed by atoms with Gasteiger partial charge in [-0.15, -0.1) is 0 Å². The second kappa shape index (κ2) is 5.28. The van der Waals surface area contributed by atoms with E-state index < -0.39 is 5.97 Å². The van der Waals surface area contributed by atoms with Gasteiger partial charge in [0.2, 0.25) is 11.6 Å². The number of hydrogen-bond acceptors (Lipinski definition) is 4. The minimum atomic E-state index is -1.13. The van der Waals surface area contributed by atoms with Gasteiger partial charge in [-0.1, -0.05) is 24.3 Å². The first-order valence-electron chi connectivity index (χ1n) is 6.54. The van der Waals surface area contributed by atoms with Gasteiger partial charge in [-0.05, 0) is 30.4 Å². The summed E-state index contributed by atoms with van der Waals surface area (Å²) in [6.45, 7) is 0. The molecule has 0 saturated heterocycles. The van der Waals surface area contributed by atoms with Crippen molar-refractivity contribution in [2.45, 2.75) is 25.4 Å². The molecule has 0 aliphatic heterocycles. The molecule has 5 heteroatoms. The summed E-state index contributed by atoms with van der Waals surface area (Å²) in [7, 11) is 0. The molecule has 1 aromatic carbocycles. The minimum absolute atomic E-state index is 0.0849. The quantitative estimate of drug-likeness (QED) is 0.928. The monoisotopic (exact) mass is 270 g/mol. The van der Waals surface area contributed by atoms with Crippen LogP contribution in [0.3, 0.4) is 0 Å². The van der Waals surface area contributed by atoms with Gasteiger partial charge in [0.25, 0.3) is 0 Å². The Morgan fingerprint density at radius 1 is 1.25 bits per heavy atom. The van der Waals surface area contributed by atoms with Crippen molar-refractivity contribution in [1.29, 1.82) is 0 Å². The fourth-order valence-electron chi connectivity index (χ4n) is 2.52. The minimum Gasteiger partial charge on any atom is -0.476 e. The van der Waals surface area contributed by atoms with Crippen LogP contribution in [0, 0.1) is 0 Å². The second-order valence-electron chi connectivity index (χ2n) is 4.71. The highest BCUT2D eigenvalue weighted by molar-refractivity contribution is 5.87. The van der Waals surface area contributed by atoms with E-state index in [-0.39, 0.29) is 17.7 Å². The number of aromatic carboxylic acids is 1. The summed E-state index contributed by atoms with van der Waals surface area (Å²) >= 11 is 0. The Kier molecular flexibility index (Phi) is 3.33. The van der Waals surface area contributed by atoms with Crippen molar-refractivity contribution >= 4 is 5.97 Å². The van der Waals surface area contributed by atoms with Crippen LogP contribution in [0.15, 0.2) is 36.7 Å². The first-order valence-corrected chi connectivity index (χ1v) is 6.54. The standard InChI is InChI=1S/C15H14N2O3/c18-15(19)13-14(17-9-8-16-13)20-12-7-3-5-10-4-1-2-6-11(10)12/h1-2,4,6,8-9,12H,3,5,7H2,(H,18,19). The third kappa shape index (κ3) is 2.34. The molecule has 102 valence electrons. The molecule has 1 aliphatic rings. The smallest absolute Gasteiger partial charge is 0.360 e. The van der Waals surface area contributed by atoms with E-state index in [4.69, 9.17) is 9.84 Å². The van der Waals surface area contributed by atoms with Crippen LogP contribution in [0.25, 0.3) is 0 Å². The average molecular weight is 270 g/mol. The summed E-state index contributed by atoms with van der Waals surface area (Å²) in [5, 5.41) is 9.11. The van der Waals surface area contributed by atoms with Crippen LogP contribution in [0.4, 0.5) is 0 Å². The van der Waals surface area contributed by atoms with E-state index in [0.717, 1.165) is 24.8 Å². The van der Waals surface area contributed by atoms with E-state index in [1.165, 1.54) is 18.0 Å². The van der Waals surface area contributed by atoms with Gasteiger partial charge in [-0.2, -0.15) is 0 Å². The van der Waals surface area contributed by atoms with Crippen LogP contribution in [-0.4, -0.2) is 21.0 Å². The third-order valence-electron chi connectivity index (χ3n) is 3.44. The highest BCUT2D eigenvalue weighted by Gasteiger charge is 2.24. The molecule has 0 radical (unpaired) electrons. The lowest BCUT2D eigenvalue weighted by Gasteiger charge is -2.25. The van der Waals surface area contributed by atoms with E-state index in [1.807, 2.05) is 18.2 Å². The molecule has 20 heavy (non-hydrogen) atoms. The second-order valence-corrected chi connectivity index (χ2v) is 4.71. The highest BCUT2D eigenvalue weighted by atomic mass is 16.5. The molecular formula is C15H14N2O3. The van der Waals surface area contributed by atoms with Crippen molar-refractivity contribution in [3.05, 3.63) is 53.5 Å². The number of fused-ring (bicyclic) bond motifs is 1. The van der Waals surface area contributed by atoms with Crippen LogP contribution in [0.2, 0.25) is 0 Å². The highest BCUT2D eigenvalue weighted by Crippen LogP contribution is 2.33. The lowest BCUT2D eigenvalue weighted by atomic mass is 9.89. The number of carbonyl (C=O) groups is 1. The maximum atomic E-state index is 11.1. The van der Waals surface area contributed by atoms with E-state index in [9.17, 15) is 4.79 Å². The molecule has 2 aromatic rings. The molecule has 0 saturated carbocycles. The summed E-state index contributed by atoms with van der Waals surface area (Å²) < 4.78 is 5.82. The molecule has 0 spiro atoms. The van der Waals surface area contributed by atoms with Gasteiger partial charge in [-0.3, -0.25) is 0 Å². The largest absolute Gasteiger partial charge is 0.476 e. The number of benzene rings is 1. The maximum absolute atomic E-state index is 11.1. The number of ether oxygens (including phenoxy) is 1. The van der Waals surface area contributed by atoms with Gasteiger partial charge in [0.1, 0.15) is 6.10 Å². The Morgan fingerprint density at radius 3 is 2.90 bits per heavy atom. The Labute approximate surface area is 116 Å². The van der Waals surface area contributed by atoms with Crippen LogP contribution < -0.4 is 4.74 Å². The van der Waals surface area contributed by atoms with Crippen molar-refractivity contribution in [2.75, 3.05) is 0 Å². The SMILES string of the molecule is O=C(O)c1nccnc1OC1CCCc2ccccc21. The lowest BCUT2D eigenvalue weighted by Crippen LogP contribution is -2.17. The van der Waals surface area contributed by atoms with Crippen LogP contribution in [0.5, 0.6) is 5.88 Å². The summed E-state index contributed by atoms with van der Waals surface area (Å²) in [5.74, 6) is -1.04. The lowest BCUT2D eigenvalue weighted by molar-refractivity contribution is 0.0678.